The van der Waals surface area contributed by atoms with Crippen LogP contribution in [0.5, 0.6) is 5.75 Å². The number of hydrogen-bond acceptors (Lipinski definition) is 6. The van der Waals surface area contributed by atoms with Gasteiger partial charge in [-0.15, -0.1) is 0 Å². The average molecular weight is 505 g/mol. The smallest absolute Gasteiger partial charge is 0.266 e. The molecule has 0 saturated heterocycles. The van der Waals surface area contributed by atoms with Gasteiger partial charge in [-0.05, 0) is 59.5 Å². The van der Waals surface area contributed by atoms with E-state index in [1.54, 1.807) is 42.5 Å². The predicted molar refractivity (Wildman–Crippen MR) is 127 cm³/mol. The molecule has 0 fully saturated rings. The van der Waals surface area contributed by atoms with Gasteiger partial charge in [-0.1, -0.05) is 36.4 Å². The highest BCUT2D eigenvalue weighted by Crippen LogP contribution is 2.25. The highest BCUT2D eigenvalue weighted by Gasteiger charge is 2.35. The van der Waals surface area contributed by atoms with Crippen LogP contribution < -0.4 is 15.8 Å². The van der Waals surface area contributed by atoms with Crippen molar-refractivity contribution in [3.63, 3.8) is 0 Å². The third kappa shape index (κ3) is 7.84. The molecule has 10 heteroatoms. The van der Waals surface area contributed by atoms with Crippen LogP contribution in [-0.2, 0) is 38.7 Å². The molecule has 35 heavy (non-hydrogen) atoms. The van der Waals surface area contributed by atoms with E-state index in [4.69, 9.17) is 14.7 Å². The number of carbonyl (C=O) groups excluding carboxylic acids is 1. The van der Waals surface area contributed by atoms with E-state index in [9.17, 15) is 22.0 Å². The standard InChI is InChI=1S/C25H26F2N2O5S/c1-25(24(28)30,34-35(2,31)32)29-15-18-9-10-23(33-16-19-6-4-8-22(27)14-19)20(12-18)11-17-5-3-7-21(26)13-17/h3-10,12-14,29H,11,15-16H2,1-2H3,(H2,28,30)/t25-/m0/s1. The van der Waals surface area contributed by atoms with Gasteiger partial charge in [0, 0.05) is 13.0 Å². The highest BCUT2D eigenvalue weighted by molar-refractivity contribution is 7.86. The summed E-state index contributed by atoms with van der Waals surface area (Å²) in [7, 11) is -3.97. The van der Waals surface area contributed by atoms with Crippen LogP contribution in [0.4, 0.5) is 8.78 Å². The Hall–Kier alpha value is -3.34. The van der Waals surface area contributed by atoms with Gasteiger partial charge in [-0.2, -0.15) is 8.42 Å². The molecule has 186 valence electrons. The van der Waals surface area contributed by atoms with E-state index in [2.05, 4.69) is 5.32 Å². The molecule has 0 unspecified atom stereocenters. The van der Waals surface area contributed by atoms with Crippen molar-refractivity contribution in [1.82, 2.24) is 5.32 Å². The zero-order chi connectivity index (χ0) is 25.6. The summed E-state index contributed by atoms with van der Waals surface area (Å²) in [5.41, 5.74) is 6.10. The van der Waals surface area contributed by atoms with Crippen LogP contribution in [0.1, 0.15) is 29.2 Å². The topological polar surface area (TPSA) is 108 Å². The van der Waals surface area contributed by atoms with Crippen LogP contribution in [0.3, 0.4) is 0 Å². The van der Waals surface area contributed by atoms with Crippen LogP contribution >= 0.6 is 0 Å². The van der Waals surface area contributed by atoms with Gasteiger partial charge >= 0.3 is 0 Å². The quantitative estimate of drug-likeness (QED) is 0.306. The van der Waals surface area contributed by atoms with E-state index in [-0.39, 0.29) is 24.8 Å². The number of benzene rings is 3. The molecule has 1 atom stereocenters. The van der Waals surface area contributed by atoms with Crippen molar-refractivity contribution in [3.8, 4) is 5.75 Å². The molecule has 3 rings (SSSR count). The Morgan fingerprint density at radius 1 is 0.971 bits per heavy atom. The Morgan fingerprint density at radius 3 is 2.20 bits per heavy atom. The van der Waals surface area contributed by atoms with Crippen molar-refractivity contribution in [3.05, 3.63) is 101 Å². The van der Waals surface area contributed by atoms with Gasteiger partial charge in [-0.3, -0.25) is 10.1 Å². The number of nitrogens with two attached hydrogens (primary N) is 1. The summed E-state index contributed by atoms with van der Waals surface area (Å²) < 4.78 is 61.2. The lowest BCUT2D eigenvalue weighted by molar-refractivity contribution is -0.134. The maximum atomic E-state index is 13.7. The number of amides is 1. The minimum Gasteiger partial charge on any atom is -0.489 e. The normalized spacial score (nSPS) is 13.3. The van der Waals surface area contributed by atoms with Crippen molar-refractivity contribution in [2.75, 3.05) is 6.26 Å². The van der Waals surface area contributed by atoms with Gasteiger partial charge in [0.25, 0.3) is 16.0 Å². The molecule has 3 aromatic rings. The molecule has 0 aliphatic heterocycles. The Balaban J connectivity index is 1.85. The second-order valence-corrected chi connectivity index (χ2v) is 9.78. The molecule has 0 aliphatic carbocycles. The van der Waals surface area contributed by atoms with E-state index in [1.165, 1.54) is 31.2 Å². The molecular formula is C25H26F2N2O5S. The second kappa shape index (κ2) is 10.9. The number of nitrogens with one attached hydrogen (secondary N) is 1. The first-order valence-corrected chi connectivity index (χ1v) is 12.4. The van der Waals surface area contributed by atoms with Crippen LogP contribution in [0.15, 0.2) is 66.7 Å². The summed E-state index contributed by atoms with van der Waals surface area (Å²) in [4.78, 5) is 11.8. The molecule has 0 saturated carbocycles. The van der Waals surface area contributed by atoms with Crippen LogP contribution in [0.2, 0.25) is 0 Å². The second-order valence-electron chi connectivity index (χ2n) is 8.21. The Morgan fingerprint density at radius 2 is 1.60 bits per heavy atom. The van der Waals surface area contributed by atoms with Crippen molar-refractivity contribution in [1.29, 1.82) is 0 Å². The minimum absolute atomic E-state index is 0.0370. The lowest BCUT2D eigenvalue weighted by atomic mass is 10.0. The Bertz CT molecular complexity index is 1320. The fourth-order valence-corrected chi connectivity index (χ4v) is 4.15. The van der Waals surface area contributed by atoms with Gasteiger partial charge in [-0.25, -0.2) is 13.0 Å². The molecule has 0 aliphatic rings. The molecule has 0 spiro atoms. The van der Waals surface area contributed by atoms with Gasteiger partial charge in [0.1, 0.15) is 24.0 Å². The van der Waals surface area contributed by atoms with E-state index in [0.29, 0.717) is 34.4 Å². The fourth-order valence-electron chi connectivity index (χ4n) is 3.41. The predicted octanol–water partition coefficient (Wildman–Crippen LogP) is 3.40. The van der Waals surface area contributed by atoms with Crippen LogP contribution in [0, 0.1) is 11.6 Å². The molecular weight excluding hydrogens is 478 g/mol. The van der Waals surface area contributed by atoms with Gasteiger partial charge < -0.3 is 10.5 Å². The van der Waals surface area contributed by atoms with Crippen molar-refractivity contribution >= 4 is 16.0 Å². The maximum absolute atomic E-state index is 13.7. The Labute approximate surface area is 203 Å². The summed E-state index contributed by atoms with van der Waals surface area (Å²) >= 11 is 0. The average Bonchev–Trinajstić information content (AvgIpc) is 2.76. The third-order valence-electron chi connectivity index (χ3n) is 5.11. The van der Waals surface area contributed by atoms with E-state index in [1.807, 2.05) is 0 Å². The molecule has 7 nitrogen and oxygen atoms in total. The summed E-state index contributed by atoms with van der Waals surface area (Å²) in [6, 6.07) is 17.4. The molecule has 0 bridgehead atoms. The lowest BCUT2D eigenvalue weighted by Crippen LogP contribution is -2.55. The SMILES string of the molecule is C[C@](NCc1ccc(OCc2cccc(F)c2)c(Cc2cccc(F)c2)c1)(OS(C)(=O)=O)C(N)=O. The molecule has 0 aromatic heterocycles. The maximum Gasteiger partial charge on any atom is 0.266 e. The van der Waals surface area contributed by atoms with E-state index in [0.717, 1.165) is 6.26 Å². The van der Waals surface area contributed by atoms with Gasteiger partial charge in [0.2, 0.25) is 5.72 Å². The van der Waals surface area contributed by atoms with E-state index < -0.39 is 21.8 Å². The van der Waals surface area contributed by atoms with Gasteiger partial charge in [0.05, 0.1) is 6.26 Å². The van der Waals surface area contributed by atoms with Crippen molar-refractivity contribution in [2.45, 2.75) is 32.2 Å². The van der Waals surface area contributed by atoms with Crippen LogP contribution in [-0.4, -0.2) is 26.3 Å². The minimum atomic E-state index is -3.97. The summed E-state index contributed by atoms with van der Waals surface area (Å²) in [6.07, 6.45) is 1.15. The zero-order valence-corrected chi connectivity index (χ0v) is 20.1. The lowest BCUT2D eigenvalue weighted by Gasteiger charge is -2.26. The Kier molecular flexibility index (Phi) is 8.21. The molecule has 3 N–H and O–H groups in total. The molecule has 3 aromatic carbocycles. The summed E-state index contributed by atoms with van der Waals surface area (Å²) in [5.74, 6) is -1.25. The zero-order valence-electron chi connectivity index (χ0n) is 19.3. The number of rotatable bonds is 11. The van der Waals surface area contributed by atoms with Gasteiger partial charge in [0.15, 0.2) is 0 Å². The first-order chi connectivity index (χ1) is 16.4. The number of primary amides is 1. The number of ether oxygens (including phenoxy) is 1. The number of hydrogen-bond donors (Lipinski definition) is 2. The largest absolute Gasteiger partial charge is 0.489 e. The van der Waals surface area contributed by atoms with Crippen LogP contribution in [0.25, 0.3) is 0 Å². The summed E-state index contributed by atoms with van der Waals surface area (Å²) in [5, 5.41) is 2.73. The molecule has 1 amide bonds. The molecule has 0 heterocycles. The van der Waals surface area contributed by atoms with Crippen molar-refractivity contribution < 1.29 is 30.9 Å². The highest BCUT2D eigenvalue weighted by atomic mass is 32.2. The first kappa shape index (κ1) is 26.3. The third-order valence-corrected chi connectivity index (χ3v) is 5.75. The fraction of sp³-hybridized carbons (Fsp3) is 0.240. The first-order valence-electron chi connectivity index (χ1n) is 10.6. The van der Waals surface area contributed by atoms with Crippen molar-refractivity contribution in [2.24, 2.45) is 5.73 Å². The monoisotopic (exact) mass is 504 g/mol. The number of carbonyl (C=O) groups is 1. The molecule has 0 radical (unpaired) electrons. The number of halogens is 2. The summed E-state index contributed by atoms with van der Waals surface area (Å²) in [6.45, 7) is 1.38. The van der Waals surface area contributed by atoms with E-state index >= 15 is 0 Å².